The van der Waals surface area contributed by atoms with Gasteiger partial charge in [0.25, 0.3) is 0 Å². The molecule has 0 unspecified atom stereocenters. The largest absolute Gasteiger partial charge is 0.311 e. The highest BCUT2D eigenvalue weighted by Gasteiger charge is 2.15. The molecule has 0 atom stereocenters. The van der Waals surface area contributed by atoms with Crippen molar-refractivity contribution in [3.05, 3.63) is 237 Å². The van der Waals surface area contributed by atoms with E-state index in [0.29, 0.717) is 0 Å². The van der Waals surface area contributed by atoms with Crippen LogP contribution in [0.5, 0.6) is 0 Å². The zero-order valence-corrected chi connectivity index (χ0v) is 30.5. The monoisotopic (exact) mass is 701 g/mol. The third kappa shape index (κ3) is 7.25. The molecule has 1 nitrogen and oxygen atoms in total. The van der Waals surface area contributed by atoms with Gasteiger partial charge >= 0.3 is 0 Å². The lowest BCUT2D eigenvalue weighted by atomic mass is 9.92. The van der Waals surface area contributed by atoms with E-state index >= 15 is 0 Å². The molecular weight excluding hydrogens is 663 g/mol. The number of hydrogen-bond acceptors (Lipinski definition) is 1. The molecule has 0 radical (unpaired) electrons. The molecule has 0 heterocycles. The van der Waals surface area contributed by atoms with E-state index in [9.17, 15) is 0 Å². The highest BCUT2D eigenvalue weighted by Crippen LogP contribution is 2.40. The van der Waals surface area contributed by atoms with Gasteiger partial charge in [-0.1, -0.05) is 194 Å². The van der Waals surface area contributed by atoms with Gasteiger partial charge in [-0.15, -0.1) is 0 Å². The summed E-state index contributed by atoms with van der Waals surface area (Å²) in [5.41, 5.74) is 17.8. The SMILES string of the molecule is c1ccc(-c2ccc(-c3ccc(N(c4ccc(-c5ccccc5)cc4)c4ccc(-c5ccccc5-c5cccc(-c6ccccc6)c5)cc4)cc3)cc2)cc1. The first-order valence-corrected chi connectivity index (χ1v) is 18.8. The van der Waals surface area contributed by atoms with Crippen LogP contribution in [0.1, 0.15) is 0 Å². The molecule has 0 amide bonds. The molecule has 0 aliphatic carbocycles. The van der Waals surface area contributed by atoms with Crippen molar-refractivity contribution in [2.75, 3.05) is 4.90 Å². The average molecular weight is 702 g/mol. The second-order valence-corrected chi connectivity index (χ2v) is 13.8. The van der Waals surface area contributed by atoms with Crippen molar-refractivity contribution in [1.29, 1.82) is 0 Å². The second kappa shape index (κ2) is 15.4. The molecule has 0 saturated carbocycles. The first kappa shape index (κ1) is 33.6. The van der Waals surface area contributed by atoms with Crippen molar-refractivity contribution >= 4 is 17.1 Å². The van der Waals surface area contributed by atoms with Crippen molar-refractivity contribution in [1.82, 2.24) is 0 Å². The summed E-state index contributed by atoms with van der Waals surface area (Å²) in [5, 5.41) is 0. The van der Waals surface area contributed by atoms with E-state index < -0.39 is 0 Å². The Kier molecular flexibility index (Phi) is 9.41. The topological polar surface area (TPSA) is 3.24 Å². The van der Waals surface area contributed by atoms with Crippen LogP contribution in [0.15, 0.2) is 237 Å². The molecule has 9 aromatic carbocycles. The standard InChI is InChI=1S/C54H39N/c1-4-13-40(14-5-1)43-23-25-44(26-24-43)46-29-35-51(36-30-46)55(50-33-27-45(28-34-50)41-15-6-2-7-16-41)52-37-31-47(32-38-52)53-21-10-11-22-54(53)49-20-12-19-48(39-49)42-17-8-3-9-18-42/h1-39H. The van der Waals surface area contributed by atoms with E-state index in [1.807, 2.05) is 0 Å². The van der Waals surface area contributed by atoms with Crippen LogP contribution in [0.2, 0.25) is 0 Å². The second-order valence-electron chi connectivity index (χ2n) is 13.8. The van der Waals surface area contributed by atoms with Gasteiger partial charge in [-0.3, -0.25) is 0 Å². The summed E-state index contributed by atoms with van der Waals surface area (Å²) in [4.78, 5) is 2.34. The minimum Gasteiger partial charge on any atom is -0.311 e. The van der Waals surface area contributed by atoms with Gasteiger partial charge < -0.3 is 4.90 Å². The van der Waals surface area contributed by atoms with Crippen LogP contribution in [0.4, 0.5) is 17.1 Å². The Labute approximate surface area is 324 Å². The fraction of sp³-hybridized carbons (Fsp3) is 0. The maximum atomic E-state index is 2.34. The van der Waals surface area contributed by atoms with E-state index in [4.69, 9.17) is 0 Å². The normalized spacial score (nSPS) is 10.9. The van der Waals surface area contributed by atoms with Crippen LogP contribution in [-0.2, 0) is 0 Å². The summed E-state index contributed by atoms with van der Waals surface area (Å²) in [5.74, 6) is 0. The van der Waals surface area contributed by atoms with Crippen molar-refractivity contribution in [3.63, 3.8) is 0 Å². The number of benzene rings is 9. The van der Waals surface area contributed by atoms with Crippen molar-refractivity contribution < 1.29 is 0 Å². The van der Waals surface area contributed by atoms with E-state index in [0.717, 1.165) is 17.1 Å². The summed E-state index contributed by atoms with van der Waals surface area (Å²) < 4.78 is 0. The molecule has 0 saturated heterocycles. The lowest BCUT2D eigenvalue weighted by Gasteiger charge is -2.26. The smallest absolute Gasteiger partial charge is 0.0462 e. The summed E-state index contributed by atoms with van der Waals surface area (Å²) in [6, 6.07) is 84.9. The average Bonchev–Trinajstić information content (AvgIpc) is 3.28. The molecule has 9 rings (SSSR count). The number of rotatable bonds is 9. The number of nitrogens with zero attached hydrogens (tertiary/aromatic N) is 1. The number of hydrogen-bond donors (Lipinski definition) is 0. The Balaban J connectivity index is 1.05. The van der Waals surface area contributed by atoms with Crippen molar-refractivity contribution in [2.24, 2.45) is 0 Å². The van der Waals surface area contributed by atoms with Crippen molar-refractivity contribution in [3.8, 4) is 66.8 Å². The number of anilines is 3. The summed E-state index contributed by atoms with van der Waals surface area (Å²) in [7, 11) is 0. The molecular formula is C54H39N. The molecule has 0 aromatic heterocycles. The molecule has 9 aromatic rings. The fourth-order valence-corrected chi connectivity index (χ4v) is 7.44. The zero-order chi connectivity index (χ0) is 36.8. The van der Waals surface area contributed by atoms with Gasteiger partial charge in [0, 0.05) is 17.1 Å². The maximum absolute atomic E-state index is 2.34. The minimum atomic E-state index is 1.10. The summed E-state index contributed by atoms with van der Waals surface area (Å²) in [6.45, 7) is 0. The van der Waals surface area contributed by atoms with Gasteiger partial charge in [0.1, 0.15) is 0 Å². The van der Waals surface area contributed by atoms with Crippen LogP contribution in [0, 0.1) is 0 Å². The van der Waals surface area contributed by atoms with Gasteiger partial charge in [-0.25, -0.2) is 0 Å². The Bertz CT molecular complexity index is 2630. The molecule has 0 N–H and O–H groups in total. The first-order chi connectivity index (χ1) is 27.3. The molecule has 0 fully saturated rings. The minimum absolute atomic E-state index is 1.10. The Morgan fingerprint density at radius 3 is 0.873 bits per heavy atom. The molecule has 55 heavy (non-hydrogen) atoms. The highest BCUT2D eigenvalue weighted by atomic mass is 15.1. The summed E-state index contributed by atoms with van der Waals surface area (Å²) in [6.07, 6.45) is 0. The quantitative estimate of drug-likeness (QED) is 0.145. The highest BCUT2D eigenvalue weighted by molar-refractivity contribution is 5.87. The molecule has 1 heteroatoms. The van der Waals surface area contributed by atoms with Gasteiger partial charge in [-0.2, -0.15) is 0 Å². The molecule has 0 aliphatic heterocycles. The van der Waals surface area contributed by atoms with Crippen LogP contribution >= 0.6 is 0 Å². The van der Waals surface area contributed by atoms with Crippen LogP contribution in [0.3, 0.4) is 0 Å². The Morgan fingerprint density at radius 2 is 0.455 bits per heavy atom. The van der Waals surface area contributed by atoms with E-state index in [1.165, 1.54) is 66.8 Å². The lowest BCUT2D eigenvalue weighted by Crippen LogP contribution is -2.09. The van der Waals surface area contributed by atoms with E-state index in [-0.39, 0.29) is 0 Å². The van der Waals surface area contributed by atoms with Crippen LogP contribution in [-0.4, -0.2) is 0 Å². The van der Waals surface area contributed by atoms with Crippen LogP contribution in [0.25, 0.3) is 66.8 Å². The van der Waals surface area contributed by atoms with Crippen molar-refractivity contribution in [2.45, 2.75) is 0 Å². The van der Waals surface area contributed by atoms with Crippen LogP contribution < -0.4 is 4.90 Å². The van der Waals surface area contributed by atoms with Gasteiger partial charge in [0.05, 0.1) is 0 Å². The van der Waals surface area contributed by atoms with E-state index in [1.54, 1.807) is 0 Å². The van der Waals surface area contributed by atoms with E-state index in [2.05, 4.69) is 241 Å². The molecule has 260 valence electrons. The fourth-order valence-electron chi connectivity index (χ4n) is 7.44. The molecule has 0 aliphatic rings. The Morgan fingerprint density at radius 1 is 0.182 bits per heavy atom. The predicted molar refractivity (Wildman–Crippen MR) is 234 cm³/mol. The third-order valence-electron chi connectivity index (χ3n) is 10.3. The molecule has 0 bridgehead atoms. The summed E-state index contributed by atoms with van der Waals surface area (Å²) >= 11 is 0. The first-order valence-electron chi connectivity index (χ1n) is 18.8. The molecule has 0 spiro atoms. The maximum Gasteiger partial charge on any atom is 0.0462 e. The van der Waals surface area contributed by atoms with Gasteiger partial charge in [0.15, 0.2) is 0 Å². The lowest BCUT2D eigenvalue weighted by molar-refractivity contribution is 1.28. The predicted octanol–water partition coefficient (Wildman–Crippen LogP) is 15.2. The van der Waals surface area contributed by atoms with Gasteiger partial charge in [0.2, 0.25) is 0 Å². The third-order valence-corrected chi connectivity index (χ3v) is 10.3. The Hall–Kier alpha value is -7.22. The zero-order valence-electron chi connectivity index (χ0n) is 30.5. The van der Waals surface area contributed by atoms with Gasteiger partial charge in [-0.05, 0) is 109 Å².